The fourth-order valence-corrected chi connectivity index (χ4v) is 2.61. The molecule has 0 saturated heterocycles. The summed E-state index contributed by atoms with van der Waals surface area (Å²) in [6.07, 6.45) is 0.480. The number of nitrogens with zero attached hydrogens (tertiary/aromatic N) is 2. The lowest BCUT2D eigenvalue weighted by Gasteiger charge is -2.20. The highest BCUT2D eigenvalue weighted by Crippen LogP contribution is 2.21. The minimum atomic E-state index is -0.689. The van der Waals surface area contributed by atoms with Crippen LogP contribution in [0, 0.1) is 16.0 Å². The van der Waals surface area contributed by atoms with Gasteiger partial charge in [0, 0.05) is 18.2 Å². The number of hydrogen-bond donors (Lipinski definition) is 2. The molecule has 0 fully saturated rings. The van der Waals surface area contributed by atoms with Gasteiger partial charge < -0.3 is 5.32 Å². The van der Waals surface area contributed by atoms with Crippen LogP contribution in [0.5, 0.6) is 0 Å². The third-order valence-corrected chi connectivity index (χ3v) is 3.64. The molecule has 1 amide bonds. The molecule has 1 heterocycles. The van der Waals surface area contributed by atoms with Crippen molar-refractivity contribution in [3.63, 3.8) is 0 Å². The molecule has 1 unspecified atom stereocenters. The number of nitro groups is 1. The fourth-order valence-electron chi connectivity index (χ4n) is 2.61. The fraction of sp³-hybridized carbons (Fsp3) is 0.500. The van der Waals surface area contributed by atoms with Gasteiger partial charge in [-0.1, -0.05) is 13.8 Å². The topological polar surface area (TPSA) is 110 Å². The van der Waals surface area contributed by atoms with Gasteiger partial charge in [-0.3, -0.25) is 24.8 Å². The van der Waals surface area contributed by atoms with Crippen LogP contribution in [-0.2, 0) is 4.79 Å². The van der Waals surface area contributed by atoms with Gasteiger partial charge in [0.15, 0.2) is 0 Å². The van der Waals surface area contributed by atoms with Crippen molar-refractivity contribution in [3.05, 3.63) is 38.7 Å². The van der Waals surface area contributed by atoms with Crippen LogP contribution in [0.4, 0.5) is 5.69 Å². The first kappa shape index (κ1) is 17.7. The van der Waals surface area contributed by atoms with Gasteiger partial charge in [-0.25, -0.2) is 4.68 Å². The number of carbonyl (C=O) groups excluding carboxylic acids is 1. The summed E-state index contributed by atoms with van der Waals surface area (Å²) in [4.78, 5) is 35.5. The third kappa shape index (κ3) is 3.64. The number of fused-ring (bicyclic) bond motifs is 1. The summed E-state index contributed by atoms with van der Waals surface area (Å²) in [7, 11) is 0. The minimum absolute atomic E-state index is 0.0478. The lowest BCUT2D eigenvalue weighted by molar-refractivity contribution is -0.384. The van der Waals surface area contributed by atoms with Crippen molar-refractivity contribution in [1.29, 1.82) is 0 Å². The second-order valence-corrected chi connectivity index (χ2v) is 6.58. The highest BCUT2D eigenvalue weighted by Gasteiger charge is 2.26. The van der Waals surface area contributed by atoms with Crippen LogP contribution in [0.25, 0.3) is 10.9 Å². The molecule has 1 atom stereocenters. The number of nitrogens with one attached hydrogen (secondary N) is 2. The average molecular weight is 334 g/mol. The molecular weight excluding hydrogens is 312 g/mol. The van der Waals surface area contributed by atoms with Crippen molar-refractivity contribution in [2.45, 2.75) is 46.2 Å². The first-order valence-corrected chi connectivity index (χ1v) is 7.89. The molecule has 1 aromatic carbocycles. The van der Waals surface area contributed by atoms with E-state index in [1.165, 1.54) is 22.9 Å². The molecule has 0 aliphatic rings. The van der Waals surface area contributed by atoms with Gasteiger partial charge in [0.2, 0.25) is 5.91 Å². The van der Waals surface area contributed by atoms with Crippen molar-refractivity contribution < 1.29 is 9.72 Å². The van der Waals surface area contributed by atoms with Crippen molar-refractivity contribution in [1.82, 2.24) is 15.1 Å². The van der Waals surface area contributed by atoms with Crippen LogP contribution in [0.3, 0.4) is 0 Å². The van der Waals surface area contributed by atoms with Gasteiger partial charge in [0.05, 0.1) is 15.8 Å². The number of amides is 1. The molecule has 2 aromatic rings. The van der Waals surface area contributed by atoms with Crippen LogP contribution in [0.1, 0.15) is 40.2 Å². The second-order valence-electron chi connectivity index (χ2n) is 6.58. The monoisotopic (exact) mass is 334 g/mol. The molecule has 8 nitrogen and oxygen atoms in total. The van der Waals surface area contributed by atoms with Crippen LogP contribution < -0.4 is 10.9 Å². The van der Waals surface area contributed by atoms with Crippen LogP contribution >= 0.6 is 0 Å². The Kier molecular flexibility index (Phi) is 5.06. The molecule has 0 aliphatic carbocycles. The molecule has 0 radical (unpaired) electrons. The van der Waals surface area contributed by atoms with E-state index < -0.39 is 16.5 Å². The number of hydrogen-bond acceptors (Lipinski definition) is 4. The summed E-state index contributed by atoms with van der Waals surface area (Å²) >= 11 is 0. The van der Waals surface area contributed by atoms with E-state index in [1.807, 2.05) is 27.7 Å². The van der Waals surface area contributed by atoms with E-state index in [2.05, 4.69) is 10.4 Å². The number of non-ortho nitro benzene ring substituents is 1. The second kappa shape index (κ2) is 6.86. The van der Waals surface area contributed by atoms with E-state index in [9.17, 15) is 19.7 Å². The van der Waals surface area contributed by atoms with E-state index in [-0.39, 0.29) is 28.9 Å². The zero-order chi connectivity index (χ0) is 18.0. The molecule has 0 spiro atoms. The zero-order valence-electron chi connectivity index (χ0n) is 14.2. The zero-order valence-corrected chi connectivity index (χ0v) is 14.2. The van der Waals surface area contributed by atoms with Crippen molar-refractivity contribution in [2.24, 2.45) is 5.92 Å². The summed E-state index contributed by atoms with van der Waals surface area (Å²) in [6.45, 7) is 7.63. The predicted molar refractivity (Wildman–Crippen MR) is 91.0 cm³/mol. The van der Waals surface area contributed by atoms with Crippen LogP contribution in [0.15, 0.2) is 23.0 Å². The van der Waals surface area contributed by atoms with Gasteiger partial charge in [-0.05, 0) is 32.3 Å². The number of aromatic nitrogens is 2. The summed E-state index contributed by atoms with van der Waals surface area (Å²) in [5, 5.41) is 16.8. The highest BCUT2D eigenvalue weighted by molar-refractivity contribution is 5.83. The Morgan fingerprint density at radius 1 is 1.33 bits per heavy atom. The molecule has 1 aromatic heterocycles. The maximum atomic E-state index is 12.6. The normalized spacial score (nSPS) is 12.8. The van der Waals surface area contributed by atoms with E-state index >= 15 is 0 Å². The predicted octanol–water partition coefficient (Wildman–Crippen LogP) is 2.35. The SMILES string of the molecule is CC(C)CC(C(=O)NC(C)C)n1[nH]c2ccc([N+](=O)[O-])cc2c1=O. The molecular formula is C16H22N4O4. The maximum Gasteiger partial charge on any atom is 0.275 e. The van der Waals surface area contributed by atoms with Gasteiger partial charge >= 0.3 is 0 Å². The molecule has 8 heteroatoms. The Bertz CT molecular complexity index is 819. The Labute approximate surface area is 139 Å². The summed E-state index contributed by atoms with van der Waals surface area (Å²) in [6, 6.07) is 3.31. The summed E-state index contributed by atoms with van der Waals surface area (Å²) in [5.41, 5.74) is -0.118. The number of nitro benzene ring substituents is 1. The van der Waals surface area contributed by atoms with E-state index in [4.69, 9.17) is 0 Å². The minimum Gasteiger partial charge on any atom is -0.352 e. The number of H-pyrrole nitrogens is 1. The number of rotatable bonds is 6. The van der Waals surface area contributed by atoms with E-state index in [0.717, 1.165) is 0 Å². The summed E-state index contributed by atoms with van der Waals surface area (Å²) < 4.78 is 1.27. The van der Waals surface area contributed by atoms with E-state index in [1.54, 1.807) is 0 Å². The summed E-state index contributed by atoms with van der Waals surface area (Å²) in [5.74, 6) is -0.0533. The van der Waals surface area contributed by atoms with Crippen molar-refractivity contribution in [3.8, 4) is 0 Å². The largest absolute Gasteiger partial charge is 0.352 e. The van der Waals surface area contributed by atoms with Gasteiger partial charge in [0.25, 0.3) is 11.2 Å². The standard InChI is InChI=1S/C16H22N4O4/c1-9(2)7-14(15(21)17-10(3)4)19-16(22)12-8-11(20(23)24)5-6-13(12)18-19/h5-6,8-10,14,18H,7H2,1-4H3,(H,17,21). The lowest BCUT2D eigenvalue weighted by atomic mass is 10.0. The molecule has 2 rings (SSSR count). The quantitative estimate of drug-likeness (QED) is 0.624. The first-order chi connectivity index (χ1) is 11.2. The number of carbonyl (C=O) groups is 1. The van der Waals surface area contributed by atoms with Crippen molar-refractivity contribution >= 4 is 22.5 Å². The average Bonchev–Trinajstić information content (AvgIpc) is 2.80. The maximum absolute atomic E-state index is 12.6. The Morgan fingerprint density at radius 2 is 2.00 bits per heavy atom. The first-order valence-electron chi connectivity index (χ1n) is 7.89. The molecule has 0 bridgehead atoms. The van der Waals surface area contributed by atoms with E-state index in [0.29, 0.717) is 11.9 Å². The third-order valence-electron chi connectivity index (χ3n) is 3.64. The van der Waals surface area contributed by atoms with Gasteiger partial charge in [0.1, 0.15) is 6.04 Å². The molecule has 24 heavy (non-hydrogen) atoms. The smallest absolute Gasteiger partial charge is 0.275 e. The number of benzene rings is 1. The van der Waals surface area contributed by atoms with Gasteiger partial charge in [-0.2, -0.15) is 0 Å². The Balaban J connectivity index is 2.53. The molecule has 130 valence electrons. The lowest BCUT2D eigenvalue weighted by Crippen LogP contribution is -2.40. The molecule has 0 saturated carbocycles. The number of aromatic amines is 1. The van der Waals surface area contributed by atoms with Crippen LogP contribution in [-0.4, -0.2) is 26.7 Å². The highest BCUT2D eigenvalue weighted by atomic mass is 16.6. The molecule has 2 N–H and O–H groups in total. The van der Waals surface area contributed by atoms with Gasteiger partial charge in [-0.15, -0.1) is 0 Å². The van der Waals surface area contributed by atoms with Crippen LogP contribution in [0.2, 0.25) is 0 Å². The Morgan fingerprint density at radius 3 is 2.54 bits per heavy atom. The Hall–Kier alpha value is -2.64. The molecule has 0 aliphatic heterocycles. The van der Waals surface area contributed by atoms with Crippen molar-refractivity contribution in [2.75, 3.05) is 0 Å².